The van der Waals surface area contributed by atoms with E-state index < -0.39 is 0 Å². The van der Waals surface area contributed by atoms with Crippen LogP contribution in [0.4, 0.5) is 5.13 Å². The zero-order valence-corrected chi connectivity index (χ0v) is 14.8. The van der Waals surface area contributed by atoms with Crippen LogP contribution >= 0.6 is 11.3 Å². The Hall–Kier alpha value is -1.50. The fraction of sp³-hybridized carbons (Fsp3) is 0.750. The molecule has 7 heteroatoms. The molecule has 0 atom stereocenters. The Bertz CT molecular complexity index is 522. The molecule has 23 heavy (non-hydrogen) atoms. The minimum atomic E-state index is -0.166. The van der Waals surface area contributed by atoms with Crippen LogP contribution in [0.15, 0.2) is 0 Å². The van der Waals surface area contributed by atoms with Crippen LogP contribution in [0.3, 0.4) is 0 Å². The molecule has 1 aliphatic heterocycles. The molecule has 1 aromatic heterocycles. The Morgan fingerprint density at radius 1 is 1.13 bits per heavy atom. The monoisotopic (exact) mass is 338 g/mol. The van der Waals surface area contributed by atoms with Gasteiger partial charge < -0.3 is 10.2 Å². The van der Waals surface area contributed by atoms with Gasteiger partial charge in [0.2, 0.25) is 16.9 Å². The highest BCUT2D eigenvalue weighted by atomic mass is 32.1. The molecule has 0 aromatic carbocycles. The van der Waals surface area contributed by atoms with Gasteiger partial charge >= 0.3 is 0 Å². The predicted octanol–water partition coefficient (Wildman–Crippen LogP) is 2.86. The SMILES string of the molecule is CC(C)Cc1nnc(NC(=O)CCC(=O)N2CCCCCC2)s1. The van der Waals surface area contributed by atoms with Crippen LogP contribution < -0.4 is 5.32 Å². The van der Waals surface area contributed by atoms with E-state index in [1.807, 2.05) is 4.90 Å². The summed E-state index contributed by atoms with van der Waals surface area (Å²) in [6.45, 7) is 5.90. The summed E-state index contributed by atoms with van der Waals surface area (Å²) in [6.07, 6.45) is 5.86. The highest BCUT2D eigenvalue weighted by molar-refractivity contribution is 7.15. The molecule has 0 saturated carbocycles. The van der Waals surface area contributed by atoms with Crippen LogP contribution in [0.25, 0.3) is 0 Å². The Morgan fingerprint density at radius 3 is 2.48 bits per heavy atom. The lowest BCUT2D eigenvalue weighted by Crippen LogP contribution is -2.32. The van der Waals surface area contributed by atoms with Gasteiger partial charge in [0.25, 0.3) is 0 Å². The number of hydrogen-bond acceptors (Lipinski definition) is 5. The molecule has 1 N–H and O–H groups in total. The molecule has 0 unspecified atom stereocenters. The van der Waals surface area contributed by atoms with E-state index in [2.05, 4.69) is 29.4 Å². The maximum Gasteiger partial charge on any atom is 0.226 e. The van der Waals surface area contributed by atoms with E-state index in [0.29, 0.717) is 11.0 Å². The first-order valence-corrected chi connectivity index (χ1v) is 9.26. The number of aromatic nitrogens is 2. The average Bonchev–Trinajstić information content (AvgIpc) is 2.76. The lowest BCUT2D eigenvalue weighted by molar-refractivity contribution is -0.132. The van der Waals surface area contributed by atoms with Crippen LogP contribution in [-0.4, -0.2) is 40.0 Å². The van der Waals surface area contributed by atoms with Gasteiger partial charge in [-0.2, -0.15) is 0 Å². The number of rotatable bonds is 6. The third-order valence-corrected chi connectivity index (χ3v) is 4.68. The maximum absolute atomic E-state index is 12.2. The molecule has 0 spiro atoms. The molecular formula is C16H26N4O2S. The lowest BCUT2D eigenvalue weighted by Gasteiger charge is -2.19. The largest absolute Gasteiger partial charge is 0.343 e. The molecular weight excluding hydrogens is 312 g/mol. The average molecular weight is 338 g/mol. The number of anilines is 1. The zero-order valence-electron chi connectivity index (χ0n) is 14.0. The van der Waals surface area contributed by atoms with E-state index in [1.54, 1.807) is 0 Å². The molecule has 0 radical (unpaired) electrons. The van der Waals surface area contributed by atoms with Gasteiger partial charge in [0, 0.05) is 32.4 Å². The van der Waals surface area contributed by atoms with Crippen molar-refractivity contribution < 1.29 is 9.59 Å². The zero-order chi connectivity index (χ0) is 16.7. The number of likely N-dealkylation sites (tertiary alicyclic amines) is 1. The van der Waals surface area contributed by atoms with E-state index >= 15 is 0 Å². The number of carbonyl (C=O) groups is 2. The first kappa shape index (κ1) is 17.8. The first-order valence-electron chi connectivity index (χ1n) is 8.44. The van der Waals surface area contributed by atoms with Gasteiger partial charge in [0.1, 0.15) is 5.01 Å². The first-order chi connectivity index (χ1) is 11.0. The van der Waals surface area contributed by atoms with Crippen molar-refractivity contribution in [1.29, 1.82) is 0 Å². The van der Waals surface area contributed by atoms with Gasteiger partial charge in [-0.05, 0) is 18.8 Å². The predicted molar refractivity (Wildman–Crippen MR) is 91.4 cm³/mol. The van der Waals surface area contributed by atoms with Crippen molar-refractivity contribution >= 4 is 28.3 Å². The second-order valence-corrected chi connectivity index (χ2v) is 7.50. The lowest BCUT2D eigenvalue weighted by atomic mass is 10.1. The van der Waals surface area contributed by atoms with Crippen LogP contribution in [-0.2, 0) is 16.0 Å². The minimum Gasteiger partial charge on any atom is -0.343 e. The summed E-state index contributed by atoms with van der Waals surface area (Å²) in [5.41, 5.74) is 0. The van der Waals surface area contributed by atoms with Crippen molar-refractivity contribution in [2.75, 3.05) is 18.4 Å². The van der Waals surface area contributed by atoms with Gasteiger partial charge in [-0.3, -0.25) is 9.59 Å². The normalized spacial score (nSPS) is 15.5. The highest BCUT2D eigenvalue weighted by Gasteiger charge is 2.17. The van der Waals surface area contributed by atoms with Crippen molar-refractivity contribution in [3.8, 4) is 0 Å². The number of carbonyl (C=O) groups excluding carboxylic acids is 2. The Morgan fingerprint density at radius 2 is 1.83 bits per heavy atom. The molecule has 1 aromatic rings. The van der Waals surface area contributed by atoms with E-state index in [4.69, 9.17) is 0 Å². The van der Waals surface area contributed by atoms with Crippen molar-refractivity contribution in [2.24, 2.45) is 5.92 Å². The minimum absolute atomic E-state index is 0.0832. The highest BCUT2D eigenvalue weighted by Crippen LogP contribution is 2.18. The van der Waals surface area contributed by atoms with E-state index in [-0.39, 0.29) is 24.7 Å². The molecule has 2 heterocycles. The Kier molecular flexibility index (Phi) is 6.95. The standard InChI is InChI=1S/C16H26N4O2S/c1-12(2)11-14-18-19-16(23-14)17-13(21)7-8-15(22)20-9-5-3-4-6-10-20/h12H,3-11H2,1-2H3,(H,17,19,21). The van der Waals surface area contributed by atoms with E-state index in [1.165, 1.54) is 24.2 Å². The summed E-state index contributed by atoms with van der Waals surface area (Å²) in [5.74, 6) is 0.429. The van der Waals surface area contributed by atoms with Gasteiger partial charge in [0.05, 0.1) is 0 Å². The maximum atomic E-state index is 12.2. The van der Waals surface area contributed by atoms with Crippen molar-refractivity contribution in [1.82, 2.24) is 15.1 Å². The quantitative estimate of drug-likeness (QED) is 0.865. The summed E-state index contributed by atoms with van der Waals surface area (Å²) >= 11 is 1.41. The number of nitrogens with zero attached hydrogens (tertiary/aromatic N) is 3. The molecule has 0 aliphatic carbocycles. The second kappa shape index (κ2) is 8.96. The smallest absolute Gasteiger partial charge is 0.226 e. The van der Waals surface area contributed by atoms with Crippen LogP contribution in [0.2, 0.25) is 0 Å². The van der Waals surface area contributed by atoms with Gasteiger partial charge in [0.15, 0.2) is 0 Å². The molecule has 1 saturated heterocycles. The summed E-state index contributed by atoms with van der Waals surface area (Å²) in [5, 5.41) is 12.2. The topological polar surface area (TPSA) is 75.2 Å². The molecule has 6 nitrogen and oxygen atoms in total. The fourth-order valence-electron chi connectivity index (χ4n) is 2.62. The van der Waals surface area contributed by atoms with Crippen molar-refractivity contribution in [2.45, 2.75) is 58.8 Å². The molecule has 2 rings (SSSR count). The van der Waals surface area contributed by atoms with Crippen LogP contribution in [0.5, 0.6) is 0 Å². The van der Waals surface area contributed by atoms with Crippen molar-refractivity contribution in [3.63, 3.8) is 0 Å². The summed E-state index contributed by atoms with van der Waals surface area (Å²) < 4.78 is 0. The number of amides is 2. The van der Waals surface area contributed by atoms with Crippen LogP contribution in [0.1, 0.15) is 57.4 Å². The van der Waals surface area contributed by atoms with E-state index in [9.17, 15) is 9.59 Å². The molecule has 128 valence electrons. The van der Waals surface area contributed by atoms with Crippen LogP contribution in [0, 0.1) is 5.92 Å². The Labute approximate surface area is 141 Å². The summed E-state index contributed by atoms with van der Waals surface area (Å²) in [7, 11) is 0. The molecule has 2 amide bonds. The molecule has 0 bridgehead atoms. The van der Waals surface area contributed by atoms with Gasteiger partial charge in [-0.15, -0.1) is 10.2 Å². The third-order valence-electron chi connectivity index (χ3n) is 3.82. The van der Waals surface area contributed by atoms with Crippen molar-refractivity contribution in [3.05, 3.63) is 5.01 Å². The number of nitrogens with one attached hydrogen (secondary N) is 1. The van der Waals surface area contributed by atoms with Gasteiger partial charge in [-0.25, -0.2) is 0 Å². The fourth-order valence-corrected chi connectivity index (χ4v) is 3.58. The Balaban J connectivity index is 1.73. The molecule has 1 aliphatic rings. The summed E-state index contributed by atoms with van der Waals surface area (Å²) in [4.78, 5) is 26.0. The number of hydrogen-bond donors (Lipinski definition) is 1. The summed E-state index contributed by atoms with van der Waals surface area (Å²) in [6, 6.07) is 0. The van der Waals surface area contributed by atoms with Gasteiger partial charge in [-0.1, -0.05) is 38.0 Å². The third kappa shape index (κ3) is 6.25. The second-order valence-electron chi connectivity index (χ2n) is 6.44. The molecule has 1 fully saturated rings. The van der Waals surface area contributed by atoms with E-state index in [0.717, 1.165) is 37.4 Å².